The maximum Gasteiger partial charge on any atom is 0.302 e. The van der Waals surface area contributed by atoms with Crippen LogP contribution in [0.3, 0.4) is 0 Å². The van der Waals surface area contributed by atoms with Gasteiger partial charge in [0, 0.05) is 38.1 Å². The zero-order valence-electron chi connectivity index (χ0n) is 22.5. The first-order valence-electron chi connectivity index (χ1n) is 13.4. The van der Waals surface area contributed by atoms with E-state index in [1.165, 1.54) is 19.6 Å². The highest BCUT2D eigenvalue weighted by Crippen LogP contribution is 2.45. The Hall–Kier alpha value is -2.76. The van der Waals surface area contributed by atoms with Crippen molar-refractivity contribution in [1.82, 2.24) is 4.98 Å². The van der Waals surface area contributed by atoms with E-state index in [2.05, 4.69) is 31.8 Å². The van der Waals surface area contributed by atoms with E-state index in [0.717, 1.165) is 37.7 Å². The van der Waals surface area contributed by atoms with Crippen molar-refractivity contribution in [3.8, 4) is 11.5 Å². The van der Waals surface area contributed by atoms with E-state index in [0.29, 0.717) is 24.0 Å². The van der Waals surface area contributed by atoms with Crippen LogP contribution in [-0.2, 0) is 14.3 Å². The topological polar surface area (TPSA) is 88.6 Å². The van der Waals surface area contributed by atoms with Crippen molar-refractivity contribution in [3.05, 3.63) is 47.8 Å². The Balaban J connectivity index is 1.82. The monoisotopic (exact) mass is 497 g/mol. The zero-order valence-corrected chi connectivity index (χ0v) is 22.5. The van der Waals surface area contributed by atoms with Crippen molar-refractivity contribution in [3.63, 3.8) is 0 Å². The highest BCUT2D eigenvalue weighted by atomic mass is 16.5. The Morgan fingerprint density at radius 1 is 1.17 bits per heavy atom. The molecule has 1 aliphatic carbocycles. The number of aromatic nitrogens is 1. The molecule has 3 rings (SSSR count). The van der Waals surface area contributed by atoms with Crippen LogP contribution in [0.25, 0.3) is 0 Å². The molecule has 2 N–H and O–H groups in total. The molecule has 1 fully saturated rings. The van der Waals surface area contributed by atoms with Gasteiger partial charge in [0.1, 0.15) is 11.9 Å². The van der Waals surface area contributed by atoms with Crippen LogP contribution in [-0.4, -0.2) is 35.1 Å². The van der Waals surface area contributed by atoms with E-state index in [4.69, 9.17) is 9.47 Å². The first-order valence-corrected chi connectivity index (χ1v) is 13.4. The molecule has 1 aromatic heterocycles. The summed E-state index contributed by atoms with van der Waals surface area (Å²) < 4.78 is 11.2. The number of phenolic OH excluding ortho intramolecular Hbond substituents is 1. The standard InChI is InChI=1S/C30H43NO5/c1-6-21-7-9-26(23-11-12-31-18-23)27(14-21)29(36-20(4)32)17-25(33)15-24(13-19(2)3)22-8-10-28(34)30(16-22)35-5/h8,10-12,16,18-19,21,24,26-27,29,31,34H,6-7,9,13-15,17H2,1-5H3. The summed E-state index contributed by atoms with van der Waals surface area (Å²) in [5.74, 6) is 1.63. The first-order chi connectivity index (χ1) is 17.2. The van der Waals surface area contributed by atoms with Crippen molar-refractivity contribution in [2.75, 3.05) is 7.11 Å². The van der Waals surface area contributed by atoms with Gasteiger partial charge in [0.2, 0.25) is 0 Å². The van der Waals surface area contributed by atoms with Crippen LogP contribution in [0.5, 0.6) is 11.5 Å². The molecular formula is C30H43NO5. The molecule has 5 atom stereocenters. The molecule has 1 heterocycles. The molecule has 6 heteroatoms. The van der Waals surface area contributed by atoms with Gasteiger partial charge < -0.3 is 19.6 Å². The maximum absolute atomic E-state index is 13.5. The van der Waals surface area contributed by atoms with Crippen molar-refractivity contribution in [2.24, 2.45) is 17.8 Å². The number of phenols is 1. The van der Waals surface area contributed by atoms with E-state index in [1.54, 1.807) is 6.07 Å². The molecule has 1 aromatic carbocycles. The molecule has 0 aliphatic heterocycles. The molecule has 0 radical (unpaired) electrons. The summed E-state index contributed by atoms with van der Waals surface area (Å²) in [4.78, 5) is 28.8. The van der Waals surface area contributed by atoms with Crippen LogP contribution < -0.4 is 4.74 Å². The summed E-state index contributed by atoms with van der Waals surface area (Å²) in [5.41, 5.74) is 2.21. The van der Waals surface area contributed by atoms with E-state index in [1.807, 2.05) is 24.5 Å². The van der Waals surface area contributed by atoms with Crippen molar-refractivity contribution in [2.45, 2.75) is 90.6 Å². The molecule has 2 aromatic rings. The highest BCUT2D eigenvalue weighted by molar-refractivity contribution is 5.80. The smallest absolute Gasteiger partial charge is 0.302 e. The zero-order chi connectivity index (χ0) is 26.2. The Bertz CT molecular complexity index is 983. The summed E-state index contributed by atoms with van der Waals surface area (Å²) in [6.45, 7) is 7.94. The van der Waals surface area contributed by atoms with Crippen LogP contribution in [0.15, 0.2) is 36.7 Å². The fraction of sp³-hybridized carbons (Fsp3) is 0.600. The summed E-state index contributed by atoms with van der Waals surface area (Å²) in [6.07, 6.45) is 9.22. The summed E-state index contributed by atoms with van der Waals surface area (Å²) in [5, 5.41) is 10.0. The lowest BCUT2D eigenvalue weighted by molar-refractivity contribution is -0.152. The number of ketones is 1. The van der Waals surface area contributed by atoms with Gasteiger partial charge in [-0.3, -0.25) is 9.59 Å². The van der Waals surface area contributed by atoms with Gasteiger partial charge in [-0.05, 0) is 78.7 Å². The van der Waals surface area contributed by atoms with Gasteiger partial charge in [-0.15, -0.1) is 0 Å². The third-order valence-corrected chi connectivity index (χ3v) is 7.76. The number of esters is 1. The number of carbonyl (C=O) groups is 2. The molecule has 36 heavy (non-hydrogen) atoms. The molecule has 1 saturated carbocycles. The van der Waals surface area contributed by atoms with Crippen LogP contribution in [0.4, 0.5) is 0 Å². The van der Waals surface area contributed by atoms with Gasteiger partial charge >= 0.3 is 5.97 Å². The average Bonchev–Trinajstić information content (AvgIpc) is 3.37. The average molecular weight is 498 g/mol. The second kappa shape index (κ2) is 13.0. The Kier molecular flexibility index (Phi) is 10.0. The number of H-pyrrole nitrogens is 1. The van der Waals surface area contributed by atoms with E-state index >= 15 is 0 Å². The molecule has 0 bridgehead atoms. The highest BCUT2D eigenvalue weighted by Gasteiger charge is 2.39. The number of ether oxygens (including phenoxy) is 2. The Morgan fingerprint density at radius 2 is 1.94 bits per heavy atom. The minimum absolute atomic E-state index is 0.000180. The van der Waals surface area contributed by atoms with Crippen molar-refractivity contribution in [1.29, 1.82) is 0 Å². The lowest BCUT2D eigenvalue weighted by atomic mass is 9.68. The number of hydrogen-bond acceptors (Lipinski definition) is 5. The molecular weight excluding hydrogens is 454 g/mol. The number of rotatable bonds is 12. The third kappa shape index (κ3) is 7.37. The minimum Gasteiger partial charge on any atom is -0.504 e. The summed E-state index contributed by atoms with van der Waals surface area (Å²) >= 11 is 0. The fourth-order valence-electron chi connectivity index (χ4n) is 5.99. The quantitative estimate of drug-likeness (QED) is 0.317. The van der Waals surface area contributed by atoms with Crippen molar-refractivity contribution >= 4 is 11.8 Å². The van der Waals surface area contributed by atoms with Crippen LogP contribution in [0.1, 0.15) is 95.6 Å². The first kappa shape index (κ1) is 27.8. The number of benzene rings is 1. The maximum atomic E-state index is 13.5. The summed E-state index contributed by atoms with van der Waals surface area (Å²) in [6, 6.07) is 7.43. The number of hydrogen-bond donors (Lipinski definition) is 2. The fourth-order valence-corrected chi connectivity index (χ4v) is 5.99. The molecule has 0 amide bonds. The molecule has 0 saturated heterocycles. The van der Waals surface area contributed by atoms with Gasteiger partial charge in [0.25, 0.3) is 0 Å². The normalized spacial score (nSPS) is 21.7. The molecule has 198 valence electrons. The number of aromatic amines is 1. The number of methoxy groups -OCH3 is 1. The SMILES string of the molecule is CCC1CCC(c2cc[nH]c2)C(C(CC(=O)CC(CC(C)C)c2ccc(O)c(OC)c2)OC(C)=O)C1. The number of nitrogens with one attached hydrogen (secondary N) is 1. The van der Waals surface area contributed by atoms with Crippen LogP contribution >= 0.6 is 0 Å². The third-order valence-electron chi connectivity index (χ3n) is 7.76. The number of Topliss-reactive ketones (excluding diaryl/α,β-unsaturated/α-hetero) is 1. The molecule has 1 aliphatic rings. The predicted octanol–water partition coefficient (Wildman–Crippen LogP) is 6.75. The van der Waals surface area contributed by atoms with Gasteiger partial charge in [-0.25, -0.2) is 0 Å². The van der Waals surface area contributed by atoms with Crippen LogP contribution in [0, 0.1) is 17.8 Å². The van der Waals surface area contributed by atoms with E-state index in [9.17, 15) is 14.7 Å². The van der Waals surface area contributed by atoms with E-state index < -0.39 is 6.10 Å². The van der Waals surface area contributed by atoms with Gasteiger partial charge in [0.15, 0.2) is 11.5 Å². The van der Waals surface area contributed by atoms with Gasteiger partial charge in [-0.2, -0.15) is 0 Å². The Labute approximate surface area is 215 Å². The minimum atomic E-state index is -0.432. The van der Waals surface area contributed by atoms with Crippen LogP contribution in [0.2, 0.25) is 0 Å². The largest absolute Gasteiger partial charge is 0.504 e. The summed E-state index contributed by atoms with van der Waals surface area (Å²) in [7, 11) is 1.53. The van der Waals surface area contributed by atoms with Crippen molar-refractivity contribution < 1.29 is 24.2 Å². The second-order valence-electron chi connectivity index (χ2n) is 10.9. The van der Waals surface area contributed by atoms with E-state index in [-0.39, 0.29) is 41.7 Å². The van der Waals surface area contributed by atoms with Gasteiger partial charge in [-0.1, -0.05) is 33.3 Å². The predicted molar refractivity (Wildman–Crippen MR) is 141 cm³/mol. The lowest BCUT2D eigenvalue weighted by Gasteiger charge is -2.39. The molecule has 6 nitrogen and oxygen atoms in total. The lowest BCUT2D eigenvalue weighted by Crippen LogP contribution is -2.37. The Morgan fingerprint density at radius 3 is 2.56 bits per heavy atom. The molecule has 0 spiro atoms. The second-order valence-corrected chi connectivity index (χ2v) is 10.9. The molecule has 5 unspecified atom stereocenters. The number of aromatic hydroxyl groups is 1. The van der Waals surface area contributed by atoms with Gasteiger partial charge in [0.05, 0.1) is 7.11 Å². The number of carbonyl (C=O) groups excluding carboxylic acids is 2.